The molecule has 2 rings (SSSR count). The zero-order valence-electron chi connectivity index (χ0n) is 18.0. The van der Waals surface area contributed by atoms with Gasteiger partial charge < -0.3 is 9.47 Å². The second-order valence-corrected chi connectivity index (χ2v) is 7.85. The van der Waals surface area contributed by atoms with Gasteiger partial charge in [0.05, 0.1) is 0 Å². The minimum absolute atomic E-state index is 0.305. The van der Waals surface area contributed by atoms with E-state index in [4.69, 9.17) is 9.47 Å². The van der Waals surface area contributed by atoms with E-state index < -0.39 is 5.79 Å². The topological polar surface area (TPSA) is 18.5 Å². The molecule has 0 radical (unpaired) electrons. The highest BCUT2D eigenvalue weighted by Gasteiger charge is 2.40. The summed E-state index contributed by atoms with van der Waals surface area (Å²) in [6, 6.07) is 20.2. The summed E-state index contributed by atoms with van der Waals surface area (Å²) < 4.78 is 13.2. The summed E-state index contributed by atoms with van der Waals surface area (Å²) in [7, 11) is 0. The molecule has 28 heavy (non-hydrogen) atoms. The maximum atomic E-state index is 6.58. The molecule has 0 aromatic heterocycles. The van der Waals surface area contributed by atoms with E-state index in [-0.39, 0.29) is 0 Å². The summed E-state index contributed by atoms with van der Waals surface area (Å²) in [6.45, 7) is 6.76. The van der Waals surface area contributed by atoms with Crippen molar-refractivity contribution in [1.82, 2.24) is 0 Å². The standard InChI is InChI=1S/C26H38O2/c1-4-6-7-8-9-12-17-23(3)26(22-5-2,27-24-18-13-10-14-19-24)28-25-20-15-11-16-21-25/h10-11,13-16,18-21,23H,4-9,12,17,22H2,1-3H3. The predicted octanol–water partition coefficient (Wildman–Crippen LogP) is 8.03. The molecule has 2 heteroatoms. The average molecular weight is 383 g/mol. The molecule has 1 atom stereocenters. The van der Waals surface area contributed by atoms with E-state index in [0.717, 1.165) is 30.8 Å². The molecule has 0 heterocycles. The van der Waals surface area contributed by atoms with Crippen molar-refractivity contribution < 1.29 is 9.47 Å². The van der Waals surface area contributed by atoms with Gasteiger partial charge in [-0.05, 0) is 37.1 Å². The van der Waals surface area contributed by atoms with Gasteiger partial charge in [-0.1, -0.05) is 95.7 Å². The van der Waals surface area contributed by atoms with Gasteiger partial charge in [-0.25, -0.2) is 0 Å². The predicted molar refractivity (Wildman–Crippen MR) is 119 cm³/mol. The lowest BCUT2D eigenvalue weighted by Gasteiger charge is -2.39. The van der Waals surface area contributed by atoms with Gasteiger partial charge in [-0.2, -0.15) is 0 Å². The molecule has 0 saturated heterocycles. The zero-order chi connectivity index (χ0) is 20.1. The molecule has 0 bridgehead atoms. The SMILES string of the molecule is CCCCCCCCC(C)C(CCC)(Oc1ccccc1)Oc1ccccc1. The summed E-state index contributed by atoms with van der Waals surface area (Å²) in [5, 5.41) is 0. The Hall–Kier alpha value is -1.96. The fourth-order valence-electron chi connectivity index (χ4n) is 3.75. The van der Waals surface area contributed by atoms with Crippen molar-refractivity contribution >= 4 is 0 Å². The van der Waals surface area contributed by atoms with Crippen molar-refractivity contribution in [1.29, 1.82) is 0 Å². The van der Waals surface area contributed by atoms with E-state index in [9.17, 15) is 0 Å². The Bertz CT molecular complexity index is 582. The lowest BCUT2D eigenvalue weighted by atomic mass is 9.90. The van der Waals surface area contributed by atoms with Crippen molar-refractivity contribution in [2.24, 2.45) is 5.92 Å². The third-order valence-corrected chi connectivity index (χ3v) is 5.41. The van der Waals surface area contributed by atoms with Crippen LogP contribution in [0.2, 0.25) is 0 Å². The fraction of sp³-hybridized carbons (Fsp3) is 0.538. The lowest BCUT2D eigenvalue weighted by molar-refractivity contribution is -0.159. The molecule has 0 aliphatic rings. The number of hydrogen-bond acceptors (Lipinski definition) is 2. The van der Waals surface area contributed by atoms with Crippen molar-refractivity contribution in [2.45, 2.75) is 84.3 Å². The number of hydrogen-bond donors (Lipinski definition) is 0. The van der Waals surface area contributed by atoms with E-state index in [1.54, 1.807) is 0 Å². The normalized spacial score (nSPS) is 12.5. The molecule has 0 amide bonds. The number of ether oxygens (including phenoxy) is 2. The Labute approximate surface area is 172 Å². The van der Waals surface area contributed by atoms with Crippen molar-refractivity contribution in [3.8, 4) is 11.5 Å². The molecular formula is C26H38O2. The van der Waals surface area contributed by atoms with Crippen LogP contribution in [0.15, 0.2) is 60.7 Å². The Morgan fingerprint density at radius 2 is 1.18 bits per heavy atom. The molecule has 0 aliphatic heterocycles. The van der Waals surface area contributed by atoms with Crippen LogP contribution in [-0.4, -0.2) is 5.79 Å². The molecule has 0 spiro atoms. The molecule has 0 N–H and O–H groups in total. The largest absolute Gasteiger partial charge is 0.452 e. The number of rotatable bonds is 14. The first-order valence-electron chi connectivity index (χ1n) is 11.2. The summed E-state index contributed by atoms with van der Waals surface area (Å²) in [5.41, 5.74) is 0. The number of benzene rings is 2. The molecule has 1 unspecified atom stereocenters. The molecular weight excluding hydrogens is 344 g/mol. The first kappa shape index (κ1) is 22.3. The van der Waals surface area contributed by atoms with E-state index in [2.05, 4.69) is 20.8 Å². The van der Waals surface area contributed by atoms with Crippen LogP contribution in [0.3, 0.4) is 0 Å². The van der Waals surface area contributed by atoms with Gasteiger partial charge in [0.2, 0.25) is 0 Å². The van der Waals surface area contributed by atoms with Gasteiger partial charge in [-0.15, -0.1) is 0 Å². The van der Waals surface area contributed by atoms with Gasteiger partial charge in [0.15, 0.2) is 0 Å². The van der Waals surface area contributed by atoms with Crippen LogP contribution in [-0.2, 0) is 0 Å². The van der Waals surface area contributed by atoms with Crippen LogP contribution < -0.4 is 9.47 Å². The Balaban J connectivity index is 2.12. The van der Waals surface area contributed by atoms with Crippen molar-refractivity contribution in [3.63, 3.8) is 0 Å². The first-order valence-corrected chi connectivity index (χ1v) is 11.2. The summed E-state index contributed by atoms with van der Waals surface area (Å²) >= 11 is 0. The molecule has 2 nitrogen and oxygen atoms in total. The van der Waals surface area contributed by atoms with Gasteiger partial charge in [-0.3, -0.25) is 0 Å². The highest BCUT2D eigenvalue weighted by Crippen LogP contribution is 2.35. The fourth-order valence-corrected chi connectivity index (χ4v) is 3.75. The molecule has 0 aliphatic carbocycles. The van der Waals surface area contributed by atoms with Crippen LogP contribution in [0.5, 0.6) is 11.5 Å². The second-order valence-electron chi connectivity index (χ2n) is 7.85. The summed E-state index contributed by atoms with van der Waals surface area (Å²) in [5.74, 6) is 1.42. The van der Waals surface area contributed by atoms with E-state index in [1.165, 1.54) is 38.5 Å². The van der Waals surface area contributed by atoms with Crippen molar-refractivity contribution in [2.75, 3.05) is 0 Å². The minimum atomic E-state index is -0.638. The van der Waals surface area contributed by atoms with Crippen LogP contribution in [0.25, 0.3) is 0 Å². The van der Waals surface area contributed by atoms with Crippen LogP contribution in [0.1, 0.15) is 78.6 Å². The van der Waals surface area contributed by atoms with Crippen molar-refractivity contribution in [3.05, 3.63) is 60.7 Å². The molecule has 0 fully saturated rings. The van der Waals surface area contributed by atoms with Crippen LogP contribution in [0.4, 0.5) is 0 Å². The van der Waals surface area contributed by atoms with Gasteiger partial charge in [0.25, 0.3) is 5.79 Å². The maximum Gasteiger partial charge on any atom is 0.253 e. The second kappa shape index (κ2) is 12.5. The third-order valence-electron chi connectivity index (χ3n) is 5.41. The van der Waals surface area contributed by atoms with Crippen LogP contribution in [0, 0.1) is 5.92 Å². The van der Waals surface area contributed by atoms with E-state index in [0.29, 0.717) is 5.92 Å². The minimum Gasteiger partial charge on any atom is -0.452 e. The van der Waals surface area contributed by atoms with Gasteiger partial charge >= 0.3 is 0 Å². The Kier molecular flexibility index (Phi) is 9.96. The monoisotopic (exact) mass is 382 g/mol. The third kappa shape index (κ3) is 7.22. The highest BCUT2D eigenvalue weighted by molar-refractivity contribution is 5.24. The summed E-state index contributed by atoms with van der Waals surface area (Å²) in [6.07, 6.45) is 10.9. The van der Waals surface area contributed by atoms with Gasteiger partial charge in [0.1, 0.15) is 11.5 Å². The smallest absolute Gasteiger partial charge is 0.253 e. The molecule has 0 saturated carbocycles. The van der Waals surface area contributed by atoms with E-state index in [1.807, 2.05) is 60.7 Å². The maximum absolute atomic E-state index is 6.58. The molecule has 2 aromatic carbocycles. The lowest BCUT2D eigenvalue weighted by Crippen LogP contribution is -2.48. The average Bonchev–Trinajstić information content (AvgIpc) is 2.72. The summed E-state index contributed by atoms with van der Waals surface area (Å²) in [4.78, 5) is 0. The zero-order valence-corrected chi connectivity index (χ0v) is 18.0. The Morgan fingerprint density at radius 1 is 0.679 bits per heavy atom. The number of unbranched alkanes of at least 4 members (excludes halogenated alkanes) is 5. The quantitative estimate of drug-likeness (QED) is 0.243. The molecule has 2 aromatic rings. The first-order chi connectivity index (χ1) is 13.7. The van der Waals surface area contributed by atoms with Gasteiger partial charge in [0, 0.05) is 12.3 Å². The molecule has 154 valence electrons. The Morgan fingerprint density at radius 3 is 1.68 bits per heavy atom. The highest BCUT2D eigenvalue weighted by atomic mass is 16.7. The number of para-hydroxylation sites is 2. The van der Waals surface area contributed by atoms with E-state index >= 15 is 0 Å². The van der Waals surface area contributed by atoms with Crippen LogP contribution >= 0.6 is 0 Å².